The number of hydrogen-bond donors (Lipinski definition) is 2. The molecule has 10 heteroatoms. The predicted octanol–water partition coefficient (Wildman–Crippen LogP) is 6.73. The van der Waals surface area contributed by atoms with Crippen molar-refractivity contribution in [3.63, 3.8) is 0 Å². The van der Waals surface area contributed by atoms with Gasteiger partial charge in [-0.3, -0.25) is 4.79 Å². The van der Waals surface area contributed by atoms with E-state index in [1.165, 1.54) is 36.4 Å². The van der Waals surface area contributed by atoms with Crippen LogP contribution in [0.5, 0.6) is 0 Å². The number of aromatic nitrogens is 2. The third kappa shape index (κ3) is 6.63. The Labute approximate surface area is 245 Å². The van der Waals surface area contributed by atoms with Crippen molar-refractivity contribution in [3.8, 4) is 28.7 Å². The van der Waals surface area contributed by atoms with Gasteiger partial charge >= 0.3 is 6.18 Å². The summed E-state index contributed by atoms with van der Waals surface area (Å²) in [6.07, 6.45) is -4.35. The molecule has 7 nitrogen and oxygen atoms in total. The molecular formula is C33H26F3N5O2. The van der Waals surface area contributed by atoms with Gasteiger partial charge in [0.15, 0.2) is 6.04 Å². The maximum atomic E-state index is 14.0. The molecule has 5 rings (SSSR count). The normalized spacial score (nSPS) is 13.5. The smallest absolute Gasteiger partial charge is 0.412 e. The average molecular weight is 582 g/mol. The standard InChI is InChI=1S/C33H26F3N5O2/c1-32(38,19-21-10-4-2-5-11-21)31-41-40-30(43-31)26-17-24(27-15-9-8-14-23(27)20-37)16-25(18-26)29(42)39-28(33(34,35)36)22-12-6-3-7-13-22/h2-18,28H,19,38H2,1H3,(H,39,42)/t28?,32-/m1/s1. The van der Waals surface area contributed by atoms with Crippen molar-refractivity contribution in [2.45, 2.75) is 31.1 Å². The molecule has 5 aromatic rings. The molecule has 1 amide bonds. The van der Waals surface area contributed by atoms with Crippen LogP contribution in [0.1, 0.15) is 45.9 Å². The number of alkyl halides is 3. The highest BCUT2D eigenvalue weighted by atomic mass is 19.4. The van der Waals surface area contributed by atoms with Gasteiger partial charge in [-0.1, -0.05) is 78.9 Å². The van der Waals surface area contributed by atoms with Crippen LogP contribution < -0.4 is 11.1 Å². The molecule has 0 aliphatic heterocycles. The Morgan fingerprint density at radius 2 is 1.56 bits per heavy atom. The number of nitriles is 1. The molecular weight excluding hydrogens is 555 g/mol. The lowest BCUT2D eigenvalue weighted by Crippen LogP contribution is -2.38. The van der Waals surface area contributed by atoms with Crippen LogP contribution in [0.3, 0.4) is 0 Å². The molecule has 0 saturated heterocycles. The van der Waals surface area contributed by atoms with Crippen LogP contribution in [0.15, 0.2) is 108 Å². The summed E-state index contributed by atoms with van der Waals surface area (Å²) in [5.74, 6) is -0.821. The summed E-state index contributed by atoms with van der Waals surface area (Å²) >= 11 is 0. The van der Waals surface area contributed by atoms with E-state index in [0.29, 0.717) is 23.1 Å². The molecule has 216 valence electrons. The van der Waals surface area contributed by atoms with Crippen molar-refractivity contribution in [2.24, 2.45) is 5.73 Å². The monoisotopic (exact) mass is 581 g/mol. The largest absolute Gasteiger partial charge is 0.419 e. The van der Waals surface area contributed by atoms with Crippen molar-refractivity contribution in [1.82, 2.24) is 15.5 Å². The van der Waals surface area contributed by atoms with Crippen molar-refractivity contribution < 1.29 is 22.4 Å². The molecule has 3 N–H and O–H groups in total. The lowest BCUT2D eigenvalue weighted by molar-refractivity contribution is -0.155. The van der Waals surface area contributed by atoms with Crippen molar-refractivity contribution in [3.05, 3.63) is 131 Å². The van der Waals surface area contributed by atoms with E-state index in [4.69, 9.17) is 10.2 Å². The lowest BCUT2D eigenvalue weighted by atomic mass is 9.94. The molecule has 0 aliphatic rings. The number of hydrogen-bond acceptors (Lipinski definition) is 6. The van der Waals surface area contributed by atoms with Crippen molar-refractivity contribution in [2.75, 3.05) is 0 Å². The van der Waals surface area contributed by atoms with Crippen LogP contribution in [-0.4, -0.2) is 22.3 Å². The highest BCUT2D eigenvalue weighted by Crippen LogP contribution is 2.35. The molecule has 43 heavy (non-hydrogen) atoms. The van der Waals surface area contributed by atoms with Gasteiger partial charge in [-0.15, -0.1) is 10.2 Å². The quantitative estimate of drug-likeness (QED) is 0.210. The summed E-state index contributed by atoms with van der Waals surface area (Å²) in [5, 5.41) is 20.1. The van der Waals surface area contributed by atoms with Gasteiger partial charge in [0, 0.05) is 11.1 Å². The molecule has 0 radical (unpaired) electrons. The second-order valence-corrected chi connectivity index (χ2v) is 10.3. The van der Waals surface area contributed by atoms with Crippen LogP contribution in [0, 0.1) is 11.3 Å². The number of nitrogens with zero attached hydrogens (tertiary/aromatic N) is 3. The van der Waals surface area contributed by atoms with E-state index >= 15 is 0 Å². The summed E-state index contributed by atoms with van der Waals surface area (Å²) in [6, 6.07) is 27.6. The van der Waals surface area contributed by atoms with E-state index < -0.39 is 23.7 Å². The van der Waals surface area contributed by atoms with E-state index in [0.717, 1.165) is 5.56 Å². The van der Waals surface area contributed by atoms with Crippen LogP contribution in [0.2, 0.25) is 0 Å². The van der Waals surface area contributed by atoms with Gasteiger partial charge in [0.1, 0.15) is 0 Å². The molecule has 0 saturated carbocycles. The van der Waals surface area contributed by atoms with Gasteiger partial charge in [0.2, 0.25) is 11.8 Å². The number of carbonyl (C=O) groups excluding carboxylic acids is 1. The zero-order chi connectivity index (χ0) is 30.6. The zero-order valence-electron chi connectivity index (χ0n) is 23.0. The first-order valence-corrected chi connectivity index (χ1v) is 13.3. The fraction of sp³-hybridized carbons (Fsp3) is 0.152. The molecule has 2 atom stereocenters. The first-order valence-electron chi connectivity index (χ1n) is 13.3. The second kappa shape index (κ2) is 11.9. The highest BCUT2D eigenvalue weighted by molar-refractivity contribution is 5.97. The zero-order valence-corrected chi connectivity index (χ0v) is 23.0. The third-order valence-corrected chi connectivity index (χ3v) is 6.86. The minimum Gasteiger partial charge on any atom is -0.419 e. The Kier molecular flexibility index (Phi) is 8.10. The van der Waals surface area contributed by atoms with E-state index in [1.54, 1.807) is 43.3 Å². The maximum Gasteiger partial charge on any atom is 0.412 e. The fourth-order valence-electron chi connectivity index (χ4n) is 4.75. The van der Waals surface area contributed by atoms with Crippen molar-refractivity contribution in [1.29, 1.82) is 5.26 Å². The van der Waals surface area contributed by atoms with E-state index in [1.807, 2.05) is 30.3 Å². The van der Waals surface area contributed by atoms with Crippen molar-refractivity contribution >= 4 is 5.91 Å². The number of nitrogens with one attached hydrogen (secondary N) is 1. The first-order chi connectivity index (χ1) is 20.5. The van der Waals surface area contributed by atoms with E-state index in [2.05, 4.69) is 21.6 Å². The Morgan fingerprint density at radius 3 is 2.23 bits per heavy atom. The number of benzene rings is 4. The van der Waals surface area contributed by atoms with Gasteiger partial charge in [0.25, 0.3) is 5.91 Å². The average Bonchev–Trinajstić information content (AvgIpc) is 3.51. The fourth-order valence-corrected chi connectivity index (χ4v) is 4.75. The number of halogens is 3. The number of nitrogens with two attached hydrogens (primary N) is 1. The Hall–Kier alpha value is -5.27. The number of amides is 1. The molecule has 1 heterocycles. The minimum absolute atomic E-state index is 0.0144. The molecule has 0 spiro atoms. The summed E-state index contributed by atoms with van der Waals surface area (Å²) in [6.45, 7) is 1.75. The van der Waals surface area contributed by atoms with Gasteiger partial charge in [-0.2, -0.15) is 18.4 Å². The maximum absolute atomic E-state index is 14.0. The van der Waals surface area contributed by atoms with Gasteiger partial charge < -0.3 is 15.5 Å². The molecule has 0 fully saturated rings. The molecule has 0 aliphatic carbocycles. The summed E-state index contributed by atoms with van der Waals surface area (Å²) < 4.78 is 48.1. The minimum atomic E-state index is -4.75. The summed E-state index contributed by atoms with van der Waals surface area (Å²) in [5.41, 5.74) is 7.73. The van der Waals surface area contributed by atoms with Crippen LogP contribution >= 0.6 is 0 Å². The molecule has 0 bridgehead atoms. The lowest BCUT2D eigenvalue weighted by Gasteiger charge is -2.22. The SMILES string of the molecule is C[C@@](N)(Cc1ccccc1)c1nnc(-c2cc(C(=O)NC(c3ccccc3)C(F)(F)F)cc(-c3ccccc3C#N)c2)o1. The third-order valence-electron chi connectivity index (χ3n) is 6.86. The van der Waals surface area contributed by atoms with Crippen LogP contribution in [0.25, 0.3) is 22.6 Å². The predicted molar refractivity (Wildman–Crippen MR) is 154 cm³/mol. The van der Waals surface area contributed by atoms with Crippen LogP contribution in [-0.2, 0) is 12.0 Å². The van der Waals surface area contributed by atoms with Gasteiger partial charge in [-0.25, -0.2) is 0 Å². The Morgan fingerprint density at radius 1 is 0.930 bits per heavy atom. The second-order valence-electron chi connectivity index (χ2n) is 10.3. The number of carbonyl (C=O) groups is 1. The summed E-state index contributed by atoms with van der Waals surface area (Å²) in [7, 11) is 0. The van der Waals surface area contributed by atoms with E-state index in [-0.39, 0.29) is 28.5 Å². The Balaban J connectivity index is 1.56. The van der Waals surface area contributed by atoms with E-state index in [9.17, 15) is 23.2 Å². The Bertz CT molecular complexity index is 1780. The topological polar surface area (TPSA) is 118 Å². The molecule has 1 aromatic heterocycles. The molecule has 4 aromatic carbocycles. The van der Waals surface area contributed by atoms with Gasteiger partial charge in [0.05, 0.1) is 17.2 Å². The molecule has 1 unspecified atom stereocenters. The number of rotatable bonds is 8. The highest BCUT2D eigenvalue weighted by Gasteiger charge is 2.42. The first kappa shape index (κ1) is 29.2. The van der Waals surface area contributed by atoms with Gasteiger partial charge in [-0.05, 0) is 59.9 Å². The summed E-state index contributed by atoms with van der Waals surface area (Å²) in [4.78, 5) is 13.4. The van der Waals surface area contributed by atoms with Crippen LogP contribution in [0.4, 0.5) is 13.2 Å².